The number of H-pyrrole nitrogens is 1. The van der Waals surface area contributed by atoms with Gasteiger partial charge in [0.15, 0.2) is 11.6 Å². The monoisotopic (exact) mass is 532 g/mol. The molecule has 0 atom stereocenters. The highest BCUT2D eigenvalue weighted by atomic mass is 32.1. The van der Waals surface area contributed by atoms with Crippen molar-refractivity contribution in [2.45, 2.75) is 44.9 Å². The second kappa shape index (κ2) is 12.3. The molecule has 0 unspecified atom stereocenters. The fourth-order valence-electron chi connectivity index (χ4n) is 4.38. The first kappa shape index (κ1) is 26.7. The second-order valence-corrected chi connectivity index (χ2v) is 9.82. The Labute approximate surface area is 216 Å². The highest BCUT2D eigenvalue weighted by Gasteiger charge is 2.23. The number of carbonyl (C=O) groups excluding carboxylic acids is 2. The van der Waals surface area contributed by atoms with Crippen LogP contribution in [0.3, 0.4) is 0 Å². The number of carbonyl (C=O) groups is 2. The van der Waals surface area contributed by atoms with Gasteiger partial charge in [0, 0.05) is 24.8 Å². The molecule has 1 aliphatic rings. The summed E-state index contributed by atoms with van der Waals surface area (Å²) in [6.45, 7) is 0.405. The minimum absolute atomic E-state index is 0.0762. The summed E-state index contributed by atoms with van der Waals surface area (Å²) in [5, 5.41) is 16.5. The molecule has 0 spiro atoms. The van der Waals surface area contributed by atoms with Gasteiger partial charge in [0.25, 0.3) is 11.5 Å². The maximum absolute atomic E-state index is 13.6. The third-order valence-corrected chi connectivity index (χ3v) is 7.29. The number of rotatable bonds is 10. The number of benzene rings is 1. The smallest absolute Gasteiger partial charge is 0.287 e. The molecule has 2 aromatic heterocycles. The number of halogens is 1. The van der Waals surface area contributed by atoms with Gasteiger partial charge in [0.1, 0.15) is 11.4 Å². The molecule has 10 nitrogen and oxygen atoms in total. The molecule has 1 fully saturated rings. The molecule has 0 radical (unpaired) electrons. The van der Waals surface area contributed by atoms with Crippen molar-refractivity contribution >= 4 is 33.4 Å². The maximum Gasteiger partial charge on any atom is 0.287 e. The first-order valence-electron chi connectivity index (χ1n) is 12.0. The SMILES string of the molecule is COc1cc(CNC(=O)c2nc3scc(COC[C@H]4CC[C@H](NC(=O)CO)CC4)c3c(=O)[nH]2)ccc1F. The Morgan fingerprint density at radius 1 is 1.27 bits per heavy atom. The molecule has 12 heteroatoms. The van der Waals surface area contributed by atoms with Gasteiger partial charge >= 0.3 is 0 Å². The Kier molecular flexibility index (Phi) is 8.85. The van der Waals surface area contributed by atoms with Gasteiger partial charge in [-0.3, -0.25) is 14.4 Å². The van der Waals surface area contributed by atoms with Crippen LogP contribution in [0.1, 0.15) is 47.4 Å². The number of amides is 2. The van der Waals surface area contributed by atoms with Crippen LogP contribution in [0.15, 0.2) is 28.4 Å². The lowest BCUT2D eigenvalue weighted by Gasteiger charge is -2.28. The first-order valence-corrected chi connectivity index (χ1v) is 12.8. The van der Waals surface area contributed by atoms with Crippen molar-refractivity contribution in [2.24, 2.45) is 5.92 Å². The molecule has 37 heavy (non-hydrogen) atoms. The Morgan fingerprint density at radius 3 is 2.78 bits per heavy atom. The number of nitrogens with zero attached hydrogens (tertiary/aromatic N) is 1. The molecule has 0 saturated heterocycles. The van der Waals surface area contributed by atoms with Gasteiger partial charge in [-0.05, 0) is 54.7 Å². The number of aliphatic hydroxyl groups is 1. The van der Waals surface area contributed by atoms with E-state index in [9.17, 15) is 18.8 Å². The van der Waals surface area contributed by atoms with Crippen LogP contribution in [0, 0.1) is 11.7 Å². The summed E-state index contributed by atoms with van der Waals surface area (Å²) in [7, 11) is 1.36. The van der Waals surface area contributed by atoms with Gasteiger partial charge in [0.2, 0.25) is 11.7 Å². The molecule has 1 aliphatic carbocycles. The van der Waals surface area contributed by atoms with E-state index in [1.54, 1.807) is 5.38 Å². The van der Waals surface area contributed by atoms with Gasteiger partial charge in [-0.25, -0.2) is 9.37 Å². The maximum atomic E-state index is 13.6. The van der Waals surface area contributed by atoms with Crippen LogP contribution in [0.25, 0.3) is 10.2 Å². The van der Waals surface area contributed by atoms with Crippen molar-refractivity contribution < 1.29 is 28.6 Å². The van der Waals surface area contributed by atoms with Crippen molar-refractivity contribution in [3.05, 3.63) is 56.7 Å². The van der Waals surface area contributed by atoms with E-state index in [2.05, 4.69) is 20.6 Å². The van der Waals surface area contributed by atoms with Crippen LogP contribution in [-0.2, 0) is 22.7 Å². The zero-order valence-electron chi connectivity index (χ0n) is 20.3. The Balaban J connectivity index is 1.31. The zero-order chi connectivity index (χ0) is 26.4. The molecule has 2 amide bonds. The molecule has 0 bridgehead atoms. The van der Waals surface area contributed by atoms with Crippen molar-refractivity contribution in [3.63, 3.8) is 0 Å². The number of hydrogen-bond acceptors (Lipinski definition) is 8. The normalized spacial score (nSPS) is 17.5. The molecule has 1 saturated carbocycles. The summed E-state index contributed by atoms with van der Waals surface area (Å²) in [6.07, 6.45) is 3.49. The van der Waals surface area contributed by atoms with Crippen molar-refractivity contribution in [2.75, 3.05) is 20.3 Å². The fourth-order valence-corrected chi connectivity index (χ4v) is 5.31. The molecular formula is C25H29FN4O6S. The van der Waals surface area contributed by atoms with Crippen LogP contribution in [0.5, 0.6) is 5.75 Å². The average Bonchev–Trinajstić information content (AvgIpc) is 3.32. The van der Waals surface area contributed by atoms with E-state index < -0.39 is 23.9 Å². The second-order valence-electron chi connectivity index (χ2n) is 8.97. The molecule has 0 aliphatic heterocycles. The lowest BCUT2D eigenvalue weighted by Crippen LogP contribution is -2.39. The fraction of sp³-hybridized carbons (Fsp3) is 0.440. The van der Waals surface area contributed by atoms with Crippen molar-refractivity contribution in [3.8, 4) is 5.75 Å². The van der Waals surface area contributed by atoms with E-state index in [4.69, 9.17) is 14.6 Å². The highest BCUT2D eigenvalue weighted by molar-refractivity contribution is 7.16. The number of thiophene rings is 1. The van der Waals surface area contributed by atoms with Crippen LogP contribution < -0.4 is 20.9 Å². The van der Waals surface area contributed by atoms with Gasteiger partial charge in [-0.15, -0.1) is 11.3 Å². The Bertz CT molecular complexity index is 1320. The molecule has 3 aromatic rings. The van der Waals surface area contributed by atoms with E-state index in [1.165, 1.54) is 36.6 Å². The summed E-state index contributed by atoms with van der Waals surface area (Å²) >= 11 is 1.26. The average molecular weight is 533 g/mol. The largest absolute Gasteiger partial charge is 0.494 e. The highest BCUT2D eigenvalue weighted by Crippen LogP contribution is 2.26. The summed E-state index contributed by atoms with van der Waals surface area (Å²) in [5.41, 5.74) is 0.926. The van der Waals surface area contributed by atoms with E-state index >= 15 is 0 Å². The number of methoxy groups -OCH3 is 1. The zero-order valence-corrected chi connectivity index (χ0v) is 21.2. The molecule has 2 heterocycles. The van der Waals surface area contributed by atoms with E-state index in [1.807, 2.05) is 0 Å². The number of aliphatic hydroxyl groups excluding tert-OH is 1. The van der Waals surface area contributed by atoms with Gasteiger partial charge < -0.3 is 30.2 Å². The third kappa shape index (κ3) is 6.70. The standard InChI is InChI=1S/C25H29FN4O6S/c1-35-19-8-15(4-7-18(19)26)9-27-24(34)22-29-23(33)21-16(13-37-25(21)30-22)12-36-11-14-2-5-17(6-3-14)28-20(32)10-31/h4,7-8,13-14,17,31H,2-3,5-6,9-12H2,1H3,(H,27,34)(H,28,32)(H,29,30,33)/t14-,17-. The van der Waals surface area contributed by atoms with Crippen molar-refractivity contribution in [1.29, 1.82) is 0 Å². The topological polar surface area (TPSA) is 143 Å². The van der Waals surface area contributed by atoms with Crippen LogP contribution in [0.2, 0.25) is 0 Å². The van der Waals surface area contributed by atoms with Gasteiger partial charge in [-0.1, -0.05) is 6.07 Å². The summed E-state index contributed by atoms with van der Waals surface area (Å²) in [5.74, 6) is -1.07. The number of aromatic amines is 1. The van der Waals surface area contributed by atoms with Crippen molar-refractivity contribution in [1.82, 2.24) is 20.6 Å². The molecular weight excluding hydrogens is 503 g/mol. The third-order valence-electron chi connectivity index (χ3n) is 6.37. The van der Waals surface area contributed by atoms with Gasteiger partial charge in [0.05, 0.1) is 19.1 Å². The number of nitrogens with one attached hydrogen (secondary N) is 3. The first-order chi connectivity index (χ1) is 17.9. The summed E-state index contributed by atoms with van der Waals surface area (Å²) in [4.78, 5) is 44.0. The Hall–Kier alpha value is -3.35. The lowest BCUT2D eigenvalue weighted by atomic mass is 9.86. The molecule has 4 N–H and O–H groups in total. The van der Waals surface area contributed by atoms with Crippen LogP contribution >= 0.6 is 11.3 Å². The number of fused-ring (bicyclic) bond motifs is 1. The predicted molar refractivity (Wildman–Crippen MR) is 135 cm³/mol. The van der Waals surface area contributed by atoms with E-state index in [0.29, 0.717) is 33.9 Å². The summed E-state index contributed by atoms with van der Waals surface area (Å²) in [6, 6.07) is 4.36. The minimum atomic E-state index is -0.556. The van der Waals surface area contributed by atoms with E-state index in [0.717, 1.165) is 25.7 Å². The summed E-state index contributed by atoms with van der Waals surface area (Å²) < 4.78 is 24.4. The minimum Gasteiger partial charge on any atom is -0.494 e. The molecule has 1 aromatic carbocycles. The Morgan fingerprint density at radius 2 is 2.05 bits per heavy atom. The van der Waals surface area contributed by atoms with Crippen LogP contribution in [-0.4, -0.2) is 53.3 Å². The number of aromatic nitrogens is 2. The quantitative estimate of drug-likeness (QED) is 0.314. The lowest BCUT2D eigenvalue weighted by molar-refractivity contribution is -0.124. The van der Waals surface area contributed by atoms with E-state index in [-0.39, 0.29) is 36.7 Å². The molecule has 198 valence electrons. The molecule has 4 rings (SSSR count). The predicted octanol–water partition coefficient (Wildman–Crippen LogP) is 2.25. The number of hydrogen-bond donors (Lipinski definition) is 4. The number of ether oxygens (including phenoxy) is 2. The van der Waals surface area contributed by atoms with Crippen LogP contribution in [0.4, 0.5) is 4.39 Å². The van der Waals surface area contributed by atoms with Gasteiger partial charge in [-0.2, -0.15) is 0 Å².